The van der Waals surface area contributed by atoms with Crippen LogP contribution in [0.5, 0.6) is 0 Å². The number of anilines is 1. The zero-order valence-corrected chi connectivity index (χ0v) is 21.5. The summed E-state index contributed by atoms with van der Waals surface area (Å²) < 4.78 is 18.7. The van der Waals surface area contributed by atoms with Crippen LogP contribution in [0.15, 0.2) is 18.5 Å². The van der Waals surface area contributed by atoms with Crippen molar-refractivity contribution in [1.29, 1.82) is 5.26 Å². The van der Waals surface area contributed by atoms with E-state index in [0.717, 1.165) is 25.7 Å². The molecule has 11 heteroatoms. The summed E-state index contributed by atoms with van der Waals surface area (Å²) in [5.74, 6) is -0.916. The van der Waals surface area contributed by atoms with Crippen LogP contribution in [0, 0.1) is 29.1 Å². The number of rotatable bonds is 8. The number of ether oxygens (including phenoxy) is 3. The Morgan fingerprint density at radius 3 is 2.70 bits per heavy atom. The first kappa shape index (κ1) is 26.8. The minimum absolute atomic E-state index is 0.00583. The summed E-state index contributed by atoms with van der Waals surface area (Å²) in [7, 11) is 0. The van der Waals surface area contributed by atoms with Crippen molar-refractivity contribution in [1.82, 2.24) is 14.6 Å². The minimum atomic E-state index is -1.96. The fourth-order valence-corrected chi connectivity index (χ4v) is 5.05. The Morgan fingerprint density at radius 2 is 2.03 bits per heavy atom. The maximum absolute atomic E-state index is 12.9. The van der Waals surface area contributed by atoms with E-state index in [4.69, 9.17) is 19.9 Å². The summed E-state index contributed by atoms with van der Waals surface area (Å²) in [5.41, 5.74) is 4.60. The Kier molecular flexibility index (Phi) is 7.99. The fraction of sp³-hybridized carbons (Fsp3) is 0.654. The van der Waals surface area contributed by atoms with Crippen LogP contribution in [-0.4, -0.2) is 56.6 Å². The number of nitrogens with two attached hydrogens (primary N) is 1. The number of hydrogen-bond acceptors (Lipinski definition) is 10. The van der Waals surface area contributed by atoms with Crippen LogP contribution in [0.3, 0.4) is 0 Å². The molecule has 5 atom stereocenters. The molecular formula is C26H35N5O6. The quantitative estimate of drug-likeness (QED) is 0.502. The van der Waals surface area contributed by atoms with Crippen molar-refractivity contribution in [3.63, 3.8) is 0 Å². The molecule has 3 N–H and O–H groups in total. The van der Waals surface area contributed by atoms with E-state index >= 15 is 0 Å². The van der Waals surface area contributed by atoms with Gasteiger partial charge in [-0.05, 0) is 36.8 Å². The summed E-state index contributed by atoms with van der Waals surface area (Å²) >= 11 is 0. The molecule has 37 heavy (non-hydrogen) atoms. The van der Waals surface area contributed by atoms with Crippen LogP contribution in [0.2, 0.25) is 0 Å². The van der Waals surface area contributed by atoms with Gasteiger partial charge in [0, 0.05) is 6.42 Å². The molecule has 0 radical (unpaired) electrons. The van der Waals surface area contributed by atoms with Crippen LogP contribution in [0.4, 0.5) is 5.82 Å². The molecule has 1 aliphatic carbocycles. The van der Waals surface area contributed by atoms with Crippen LogP contribution in [-0.2, 0) is 29.4 Å². The van der Waals surface area contributed by atoms with Crippen molar-refractivity contribution in [2.75, 3.05) is 12.3 Å². The van der Waals surface area contributed by atoms with E-state index in [-0.39, 0.29) is 35.9 Å². The van der Waals surface area contributed by atoms with E-state index in [1.54, 1.807) is 19.1 Å². The summed E-state index contributed by atoms with van der Waals surface area (Å²) in [6, 6.07) is 5.22. The van der Waals surface area contributed by atoms with Gasteiger partial charge in [0.25, 0.3) is 0 Å². The highest BCUT2D eigenvalue weighted by Gasteiger charge is 2.60. The first-order valence-corrected chi connectivity index (χ1v) is 12.9. The smallest absolute Gasteiger partial charge is 0.309 e. The van der Waals surface area contributed by atoms with Crippen molar-refractivity contribution in [3.8, 4) is 6.07 Å². The third-order valence-corrected chi connectivity index (χ3v) is 7.67. The lowest BCUT2D eigenvalue weighted by atomic mass is 9.87. The number of fused-ring (bicyclic) bond motifs is 1. The van der Waals surface area contributed by atoms with Gasteiger partial charge in [0.2, 0.25) is 5.60 Å². The van der Waals surface area contributed by atoms with Gasteiger partial charge in [-0.15, -0.1) is 0 Å². The van der Waals surface area contributed by atoms with Gasteiger partial charge >= 0.3 is 11.9 Å². The molecule has 1 saturated carbocycles. The molecule has 2 aliphatic rings. The number of aromatic nitrogens is 3. The normalized spacial score (nSPS) is 27.2. The Labute approximate surface area is 215 Å². The second-order valence-corrected chi connectivity index (χ2v) is 10.4. The number of aliphatic hydroxyl groups excluding tert-OH is 1. The van der Waals surface area contributed by atoms with Gasteiger partial charge in [-0.1, -0.05) is 40.0 Å². The van der Waals surface area contributed by atoms with Gasteiger partial charge in [-0.3, -0.25) is 9.59 Å². The number of carbonyl (C=O) groups is 2. The first-order chi connectivity index (χ1) is 17.7. The Balaban J connectivity index is 1.60. The maximum atomic E-state index is 12.9. The first-order valence-electron chi connectivity index (χ1n) is 12.9. The summed E-state index contributed by atoms with van der Waals surface area (Å²) in [5, 5.41) is 25.9. The van der Waals surface area contributed by atoms with Gasteiger partial charge in [-0.25, -0.2) is 9.50 Å². The highest BCUT2D eigenvalue weighted by atomic mass is 16.6. The van der Waals surface area contributed by atoms with Gasteiger partial charge < -0.3 is 25.1 Å². The predicted molar refractivity (Wildman–Crippen MR) is 132 cm³/mol. The average molecular weight is 514 g/mol. The molecule has 2 aromatic rings. The number of nitrogens with zero attached hydrogens (tertiary/aromatic N) is 4. The molecule has 3 heterocycles. The molecule has 0 aromatic carbocycles. The molecule has 2 fully saturated rings. The molecule has 0 bridgehead atoms. The Morgan fingerprint density at radius 1 is 1.30 bits per heavy atom. The van der Waals surface area contributed by atoms with E-state index in [1.165, 1.54) is 17.3 Å². The lowest BCUT2D eigenvalue weighted by molar-refractivity contribution is -0.165. The number of hydrogen-bond donors (Lipinski definition) is 2. The molecule has 4 rings (SSSR count). The van der Waals surface area contributed by atoms with E-state index in [0.29, 0.717) is 11.9 Å². The standard InChI is InChI=1S/C26H35N5O6/c1-15(2)16(3)25(34)36-22-19(12-35-21(32)11-17-7-5-4-6-8-17)37-26(13-27,23(22)33)20-10-9-18-24(28)29-14-30-31(18)20/h9-10,14-17,19,22-23,33H,4-8,11-12H2,1-3H3,(H2,28,29,30)/t16-,19+,22+,23+,26-/m0/s1. The lowest BCUT2D eigenvalue weighted by Gasteiger charge is -2.25. The molecule has 0 amide bonds. The van der Waals surface area contributed by atoms with E-state index < -0.39 is 35.8 Å². The van der Waals surface area contributed by atoms with Gasteiger partial charge in [0.05, 0.1) is 11.6 Å². The average Bonchev–Trinajstić information content (AvgIpc) is 3.44. The van der Waals surface area contributed by atoms with Crippen molar-refractivity contribution in [3.05, 3.63) is 24.2 Å². The lowest BCUT2D eigenvalue weighted by Crippen LogP contribution is -2.44. The Hall–Kier alpha value is -3.23. The number of esters is 2. The monoisotopic (exact) mass is 513 g/mol. The van der Waals surface area contributed by atoms with Crippen molar-refractivity contribution in [2.24, 2.45) is 17.8 Å². The molecular weight excluding hydrogens is 478 g/mol. The number of nitriles is 1. The van der Waals surface area contributed by atoms with Gasteiger partial charge in [0.15, 0.2) is 11.9 Å². The van der Waals surface area contributed by atoms with Crippen LogP contribution >= 0.6 is 0 Å². The highest BCUT2D eigenvalue weighted by molar-refractivity contribution is 5.73. The van der Waals surface area contributed by atoms with Crippen molar-refractivity contribution < 1.29 is 28.9 Å². The molecule has 11 nitrogen and oxygen atoms in total. The zero-order chi connectivity index (χ0) is 26.7. The van der Waals surface area contributed by atoms with Crippen LogP contribution in [0.25, 0.3) is 5.52 Å². The van der Waals surface area contributed by atoms with E-state index in [1.807, 2.05) is 13.8 Å². The van der Waals surface area contributed by atoms with Crippen molar-refractivity contribution >= 4 is 23.3 Å². The summed E-state index contributed by atoms with van der Waals surface area (Å²) in [6.07, 6.45) is 2.99. The zero-order valence-electron chi connectivity index (χ0n) is 21.5. The molecule has 0 spiro atoms. The molecule has 0 unspecified atom stereocenters. The SMILES string of the molecule is CC(C)[C@H](C)C(=O)O[C@H]1[C@@H](O)[C@](C#N)(c2ccc3c(N)ncnn23)O[C@@H]1COC(=O)CC1CCCCC1. The van der Waals surface area contributed by atoms with Gasteiger partial charge in [0.1, 0.15) is 36.7 Å². The van der Waals surface area contributed by atoms with Crippen molar-refractivity contribution in [2.45, 2.75) is 83.2 Å². The molecule has 1 aliphatic heterocycles. The van der Waals surface area contributed by atoms with E-state index in [2.05, 4.69) is 16.2 Å². The Bertz CT molecular complexity index is 1170. The largest absolute Gasteiger partial charge is 0.463 e. The number of carbonyl (C=O) groups excluding carboxylic acids is 2. The minimum Gasteiger partial charge on any atom is -0.463 e. The third-order valence-electron chi connectivity index (χ3n) is 7.67. The molecule has 2 aromatic heterocycles. The number of aliphatic hydroxyl groups is 1. The fourth-order valence-electron chi connectivity index (χ4n) is 5.05. The second kappa shape index (κ2) is 11.0. The molecule has 200 valence electrons. The highest BCUT2D eigenvalue weighted by Crippen LogP contribution is 2.42. The number of nitrogen functional groups attached to an aromatic ring is 1. The topological polar surface area (TPSA) is 162 Å². The second-order valence-electron chi connectivity index (χ2n) is 10.4. The third kappa shape index (κ3) is 5.26. The summed E-state index contributed by atoms with van der Waals surface area (Å²) in [4.78, 5) is 29.4. The van der Waals surface area contributed by atoms with Crippen LogP contribution in [0.1, 0.15) is 65.0 Å². The van der Waals surface area contributed by atoms with E-state index in [9.17, 15) is 20.0 Å². The van der Waals surface area contributed by atoms with Crippen LogP contribution < -0.4 is 5.73 Å². The maximum Gasteiger partial charge on any atom is 0.309 e. The van der Waals surface area contributed by atoms with Gasteiger partial charge in [-0.2, -0.15) is 10.4 Å². The predicted octanol–water partition coefficient (Wildman–Crippen LogP) is 2.51. The molecule has 1 saturated heterocycles. The summed E-state index contributed by atoms with van der Waals surface area (Å²) in [6.45, 7) is 5.22.